The second kappa shape index (κ2) is 20.6. The van der Waals surface area contributed by atoms with Gasteiger partial charge in [0.15, 0.2) is 0 Å². The molecule has 0 aliphatic heterocycles. The molecular weight excluding hydrogens is 324 g/mol. The largest absolute Gasteiger partial charge is 0.330 e. The first kappa shape index (κ1) is 25.3. The fraction of sp³-hybridized carbons (Fsp3) is 0.909. The Kier molecular flexibility index (Phi) is 20.0. The highest BCUT2D eigenvalue weighted by molar-refractivity contribution is 5.83. The van der Waals surface area contributed by atoms with Gasteiger partial charge in [0.1, 0.15) is 12.1 Å². The van der Waals surface area contributed by atoms with E-state index in [1.165, 1.54) is 64.2 Å². The Bertz CT molecular complexity index is 321. The monoisotopic (exact) mass is 368 g/mol. The van der Waals surface area contributed by atoms with Crippen LogP contribution in [0.4, 0.5) is 0 Å². The van der Waals surface area contributed by atoms with Gasteiger partial charge in [0, 0.05) is 12.8 Å². The van der Waals surface area contributed by atoms with Crippen LogP contribution in [0.1, 0.15) is 116 Å². The van der Waals surface area contributed by atoms with E-state index in [4.69, 9.17) is 11.5 Å². The van der Waals surface area contributed by atoms with Gasteiger partial charge in [-0.2, -0.15) is 0 Å². The molecule has 0 amide bonds. The third-order valence-electron chi connectivity index (χ3n) is 5.13. The smallest absolute Gasteiger partial charge is 0.149 e. The number of aldehydes is 1. The van der Waals surface area contributed by atoms with Crippen molar-refractivity contribution in [2.45, 2.75) is 122 Å². The summed E-state index contributed by atoms with van der Waals surface area (Å²) in [5.41, 5.74) is 11.4. The van der Waals surface area contributed by atoms with Crippen molar-refractivity contribution >= 4 is 12.1 Å². The molecule has 0 spiro atoms. The summed E-state index contributed by atoms with van der Waals surface area (Å²) >= 11 is 0. The Morgan fingerprint density at radius 3 is 1.62 bits per heavy atom. The van der Waals surface area contributed by atoms with Crippen LogP contribution >= 0.6 is 0 Å². The van der Waals surface area contributed by atoms with Crippen LogP contribution < -0.4 is 11.5 Å². The average molecular weight is 369 g/mol. The minimum atomic E-state index is -0.272. The van der Waals surface area contributed by atoms with E-state index in [0.29, 0.717) is 13.0 Å². The van der Waals surface area contributed by atoms with E-state index in [1.54, 1.807) is 0 Å². The molecule has 0 fully saturated rings. The van der Waals surface area contributed by atoms with Gasteiger partial charge in [-0.3, -0.25) is 4.79 Å². The highest BCUT2D eigenvalue weighted by Gasteiger charge is 2.11. The standard InChI is InChI=1S/C22H44N2O2/c23-19-15-14-17-21(24)22(26)18-13-11-9-7-5-3-1-2-4-6-8-10-12-16-20-25/h20-21H,1-19,23-24H2/t21-/m0/s1. The zero-order chi connectivity index (χ0) is 19.3. The summed E-state index contributed by atoms with van der Waals surface area (Å²) in [4.78, 5) is 22.1. The molecule has 0 unspecified atom stereocenters. The van der Waals surface area contributed by atoms with Crippen LogP contribution in [0.3, 0.4) is 0 Å². The van der Waals surface area contributed by atoms with Gasteiger partial charge in [0.2, 0.25) is 0 Å². The van der Waals surface area contributed by atoms with Crippen molar-refractivity contribution in [1.82, 2.24) is 0 Å². The molecule has 4 heteroatoms. The van der Waals surface area contributed by atoms with Gasteiger partial charge in [0.25, 0.3) is 0 Å². The van der Waals surface area contributed by atoms with E-state index in [1.807, 2.05) is 0 Å². The van der Waals surface area contributed by atoms with Gasteiger partial charge in [0.05, 0.1) is 6.04 Å². The SMILES string of the molecule is NCCCC[C@H](N)C(=O)CCCCCCCCCCCCCCCC=O. The molecule has 26 heavy (non-hydrogen) atoms. The second-order valence-corrected chi connectivity index (χ2v) is 7.66. The molecule has 4 N–H and O–H groups in total. The summed E-state index contributed by atoms with van der Waals surface area (Å²) in [6, 6.07) is -0.272. The highest BCUT2D eigenvalue weighted by atomic mass is 16.1. The molecule has 0 aromatic carbocycles. The molecule has 0 heterocycles. The van der Waals surface area contributed by atoms with Gasteiger partial charge in [-0.05, 0) is 32.2 Å². The molecule has 1 atom stereocenters. The topological polar surface area (TPSA) is 86.2 Å². The lowest BCUT2D eigenvalue weighted by Gasteiger charge is -2.10. The molecule has 0 aliphatic rings. The number of hydrogen-bond donors (Lipinski definition) is 2. The number of carbonyl (C=O) groups excluding carboxylic acids is 2. The third kappa shape index (κ3) is 18.1. The van der Waals surface area contributed by atoms with Crippen molar-refractivity contribution in [2.24, 2.45) is 11.5 Å². The van der Waals surface area contributed by atoms with E-state index in [0.717, 1.165) is 51.2 Å². The molecule has 0 radical (unpaired) electrons. The van der Waals surface area contributed by atoms with Crippen molar-refractivity contribution in [2.75, 3.05) is 6.54 Å². The lowest BCUT2D eigenvalue weighted by atomic mass is 10.0. The maximum absolute atomic E-state index is 11.9. The van der Waals surface area contributed by atoms with Gasteiger partial charge in [-0.15, -0.1) is 0 Å². The lowest BCUT2D eigenvalue weighted by molar-refractivity contribution is -0.120. The first-order chi connectivity index (χ1) is 12.7. The van der Waals surface area contributed by atoms with E-state index < -0.39 is 0 Å². The Morgan fingerprint density at radius 2 is 1.15 bits per heavy atom. The number of ketones is 1. The average Bonchev–Trinajstić information content (AvgIpc) is 2.64. The maximum atomic E-state index is 11.9. The number of carbonyl (C=O) groups is 2. The third-order valence-corrected chi connectivity index (χ3v) is 5.13. The van der Waals surface area contributed by atoms with Crippen LogP contribution in [-0.4, -0.2) is 24.7 Å². The quantitative estimate of drug-likeness (QED) is 0.219. The van der Waals surface area contributed by atoms with Crippen molar-refractivity contribution < 1.29 is 9.59 Å². The van der Waals surface area contributed by atoms with Crippen LogP contribution in [0, 0.1) is 0 Å². The lowest BCUT2D eigenvalue weighted by Crippen LogP contribution is -2.30. The van der Waals surface area contributed by atoms with Gasteiger partial charge >= 0.3 is 0 Å². The van der Waals surface area contributed by atoms with Crippen LogP contribution in [0.5, 0.6) is 0 Å². The number of hydrogen-bond acceptors (Lipinski definition) is 4. The summed E-state index contributed by atoms with van der Waals surface area (Å²) in [6.45, 7) is 0.684. The first-order valence-electron chi connectivity index (χ1n) is 11.1. The first-order valence-corrected chi connectivity index (χ1v) is 11.1. The minimum Gasteiger partial charge on any atom is -0.330 e. The zero-order valence-corrected chi connectivity index (χ0v) is 17.1. The number of rotatable bonds is 21. The van der Waals surface area contributed by atoms with Crippen LogP contribution in [0.25, 0.3) is 0 Å². The van der Waals surface area contributed by atoms with E-state index in [2.05, 4.69) is 0 Å². The van der Waals surface area contributed by atoms with Crippen molar-refractivity contribution in [1.29, 1.82) is 0 Å². The molecule has 0 aromatic heterocycles. The van der Waals surface area contributed by atoms with Crippen molar-refractivity contribution in [3.8, 4) is 0 Å². The molecule has 154 valence electrons. The van der Waals surface area contributed by atoms with Crippen molar-refractivity contribution in [3.63, 3.8) is 0 Å². The molecule has 0 bridgehead atoms. The number of Topliss-reactive ketones (excluding diaryl/α,β-unsaturated/α-hetero) is 1. The van der Waals surface area contributed by atoms with E-state index >= 15 is 0 Å². The summed E-state index contributed by atoms with van der Waals surface area (Å²) in [5, 5.41) is 0. The maximum Gasteiger partial charge on any atom is 0.149 e. The Hall–Kier alpha value is -0.740. The summed E-state index contributed by atoms with van der Waals surface area (Å²) in [7, 11) is 0. The molecule has 0 aromatic rings. The molecule has 0 saturated heterocycles. The van der Waals surface area contributed by atoms with Gasteiger partial charge in [-0.1, -0.05) is 77.0 Å². The molecule has 0 rings (SSSR count). The second-order valence-electron chi connectivity index (χ2n) is 7.66. The normalized spacial score (nSPS) is 12.2. The minimum absolute atomic E-state index is 0.230. The summed E-state index contributed by atoms with van der Waals surface area (Å²) in [5.74, 6) is 0.230. The van der Waals surface area contributed by atoms with Crippen LogP contribution in [-0.2, 0) is 9.59 Å². The van der Waals surface area contributed by atoms with Gasteiger partial charge < -0.3 is 16.3 Å². The van der Waals surface area contributed by atoms with Crippen LogP contribution in [0.15, 0.2) is 0 Å². The van der Waals surface area contributed by atoms with E-state index in [-0.39, 0.29) is 11.8 Å². The molecule has 0 aliphatic carbocycles. The predicted octanol–water partition coefficient (Wildman–Crippen LogP) is 5.06. The molecular formula is C22H44N2O2. The van der Waals surface area contributed by atoms with Crippen molar-refractivity contribution in [3.05, 3.63) is 0 Å². The molecule has 0 saturated carbocycles. The summed E-state index contributed by atoms with van der Waals surface area (Å²) < 4.78 is 0. The molecule has 4 nitrogen and oxygen atoms in total. The summed E-state index contributed by atoms with van der Waals surface area (Å²) in [6.07, 6.45) is 21.4. The Labute approximate surface area is 161 Å². The Morgan fingerprint density at radius 1 is 0.692 bits per heavy atom. The highest BCUT2D eigenvalue weighted by Crippen LogP contribution is 2.13. The van der Waals surface area contributed by atoms with Crippen LogP contribution in [0.2, 0.25) is 0 Å². The number of unbranched alkanes of at least 4 members (excludes halogenated alkanes) is 14. The fourth-order valence-electron chi connectivity index (χ4n) is 3.33. The predicted molar refractivity (Wildman–Crippen MR) is 111 cm³/mol. The van der Waals surface area contributed by atoms with Gasteiger partial charge in [-0.25, -0.2) is 0 Å². The van der Waals surface area contributed by atoms with E-state index in [9.17, 15) is 9.59 Å². The zero-order valence-electron chi connectivity index (χ0n) is 17.1. The fourth-order valence-corrected chi connectivity index (χ4v) is 3.33. The number of nitrogens with two attached hydrogens (primary N) is 2. The Balaban J connectivity index is 3.21.